The third kappa shape index (κ3) is 11.9. The Balaban J connectivity index is 1.51. The lowest BCUT2D eigenvalue weighted by molar-refractivity contribution is -0.125. The average Bonchev–Trinajstić information content (AvgIpc) is 2.87. The lowest BCUT2D eigenvalue weighted by atomic mass is 9.98. The zero-order valence-corrected chi connectivity index (χ0v) is 21.5. The average molecular weight is 487 g/mol. The second-order valence-electron chi connectivity index (χ2n) is 9.02. The van der Waals surface area contributed by atoms with Gasteiger partial charge in [-0.15, -0.1) is 0 Å². The van der Waals surface area contributed by atoms with E-state index >= 15 is 0 Å². The van der Waals surface area contributed by atoms with Crippen LogP contribution in [0.1, 0.15) is 63.5 Å². The molecule has 0 aliphatic heterocycles. The predicted molar refractivity (Wildman–Crippen MR) is 137 cm³/mol. The fraction of sp³-hybridized carbons (Fsp3) is 0.500. The van der Waals surface area contributed by atoms with Gasteiger partial charge in [0.15, 0.2) is 11.6 Å². The minimum atomic E-state index is -2.86. The third-order valence-corrected chi connectivity index (χ3v) is 6.91. The first-order valence-corrected chi connectivity index (χ1v) is 13.6. The van der Waals surface area contributed by atoms with Crippen LogP contribution in [0, 0.1) is 11.8 Å². The Bertz CT molecular complexity index is 797. The van der Waals surface area contributed by atoms with Crippen molar-refractivity contribution in [2.24, 2.45) is 11.8 Å². The number of rotatable bonds is 18. The van der Waals surface area contributed by atoms with E-state index in [4.69, 9.17) is 9.05 Å². The van der Waals surface area contributed by atoms with E-state index in [1.165, 1.54) is 11.1 Å². The number of hydrogen-bond acceptors (Lipinski definition) is 5. The molecule has 2 atom stereocenters. The lowest BCUT2D eigenvalue weighted by Crippen LogP contribution is -2.18. The molecule has 0 unspecified atom stereocenters. The summed E-state index contributed by atoms with van der Waals surface area (Å²) in [5, 5.41) is 0. The second kappa shape index (κ2) is 16.5. The molecule has 6 heteroatoms. The summed E-state index contributed by atoms with van der Waals surface area (Å²) in [5.74, 6) is -0.467. The maximum absolute atomic E-state index is 12.2. The van der Waals surface area contributed by atoms with E-state index < -0.39 is 8.25 Å². The van der Waals surface area contributed by atoms with Crippen molar-refractivity contribution in [1.82, 2.24) is 0 Å². The van der Waals surface area contributed by atoms with E-state index in [0.717, 1.165) is 51.4 Å². The summed E-state index contributed by atoms with van der Waals surface area (Å²) in [5.41, 5.74) is 2.60. The number of hydrogen-bond donors (Lipinski definition) is 0. The van der Waals surface area contributed by atoms with Crippen LogP contribution in [0.2, 0.25) is 0 Å². The van der Waals surface area contributed by atoms with Crippen LogP contribution in [0.4, 0.5) is 0 Å². The molecule has 0 bridgehead atoms. The molecule has 34 heavy (non-hydrogen) atoms. The molecule has 2 aromatic carbocycles. The first kappa shape index (κ1) is 28.2. The van der Waals surface area contributed by atoms with Crippen LogP contribution in [-0.2, 0) is 36.0 Å². The van der Waals surface area contributed by atoms with Crippen LogP contribution in [-0.4, -0.2) is 24.8 Å². The fourth-order valence-corrected chi connectivity index (χ4v) is 4.36. The zero-order chi connectivity index (χ0) is 24.6. The number of unbranched alkanes of at least 4 members (excludes halogenated alkanes) is 2. The predicted octanol–water partition coefficient (Wildman–Crippen LogP) is 6.65. The van der Waals surface area contributed by atoms with E-state index in [1.807, 2.05) is 50.2 Å². The normalized spacial score (nSPS) is 13.0. The van der Waals surface area contributed by atoms with E-state index in [-0.39, 0.29) is 36.6 Å². The SMILES string of the molecule is C[C@@H](CCCCc1ccccc1)C(=O)CO[PH](=O)OCC(=O)[C@@H](C)CCCCc1ccccc1. The van der Waals surface area contributed by atoms with Gasteiger partial charge in [0.05, 0.1) is 0 Å². The number of Topliss-reactive ketones (excluding diaryl/α,β-unsaturated/α-hetero) is 2. The highest BCUT2D eigenvalue weighted by Gasteiger charge is 2.17. The van der Waals surface area contributed by atoms with E-state index in [2.05, 4.69) is 24.3 Å². The Morgan fingerprint density at radius 3 is 1.44 bits per heavy atom. The van der Waals surface area contributed by atoms with Gasteiger partial charge in [-0.2, -0.15) is 0 Å². The van der Waals surface area contributed by atoms with Crippen LogP contribution in [0.25, 0.3) is 0 Å². The summed E-state index contributed by atoms with van der Waals surface area (Å²) in [4.78, 5) is 24.5. The zero-order valence-electron chi connectivity index (χ0n) is 20.5. The summed E-state index contributed by atoms with van der Waals surface area (Å²) in [6, 6.07) is 20.6. The standard InChI is InChI=1S/C28H39O5P/c1-23(13-9-11-19-25-15-5-3-6-16-25)27(29)21-32-34(31)33-22-28(30)24(2)14-10-12-20-26-17-7-4-8-18-26/h3-8,15-18,23-24,34H,9-14,19-22H2,1-2H3/t23-,24-/m0/s1. The Kier molecular flexibility index (Phi) is 13.7. The van der Waals surface area contributed by atoms with Gasteiger partial charge in [0.2, 0.25) is 0 Å². The molecular formula is C28H39O5P. The van der Waals surface area contributed by atoms with Crippen LogP contribution < -0.4 is 0 Å². The fourth-order valence-electron chi connectivity index (χ4n) is 3.76. The van der Waals surface area contributed by atoms with Crippen molar-refractivity contribution in [3.05, 3.63) is 71.8 Å². The number of carbonyl (C=O) groups excluding carboxylic acids is 2. The summed E-state index contributed by atoms with van der Waals surface area (Å²) in [7, 11) is -2.86. The Morgan fingerprint density at radius 1 is 0.676 bits per heavy atom. The number of aryl methyl sites for hydroxylation is 2. The molecule has 0 aromatic heterocycles. The molecule has 0 amide bonds. The summed E-state index contributed by atoms with van der Waals surface area (Å²) < 4.78 is 22.2. The van der Waals surface area contributed by atoms with Crippen LogP contribution >= 0.6 is 8.25 Å². The highest BCUT2D eigenvalue weighted by Crippen LogP contribution is 2.25. The quantitative estimate of drug-likeness (QED) is 0.174. The second-order valence-corrected chi connectivity index (χ2v) is 10.1. The smallest absolute Gasteiger partial charge is 0.303 e. The monoisotopic (exact) mass is 486 g/mol. The van der Waals surface area contributed by atoms with Crippen LogP contribution in [0.15, 0.2) is 60.7 Å². The van der Waals surface area contributed by atoms with Gasteiger partial charge < -0.3 is 9.05 Å². The van der Waals surface area contributed by atoms with Crippen molar-refractivity contribution >= 4 is 19.8 Å². The van der Waals surface area contributed by atoms with Crippen molar-refractivity contribution in [3.63, 3.8) is 0 Å². The first-order valence-electron chi connectivity index (χ1n) is 12.4. The van der Waals surface area contributed by atoms with E-state index in [9.17, 15) is 14.2 Å². The molecular weight excluding hydrogens is 447 g/mol. The molecule has 0 saturated carbocycles. The Morgan fingerprint density at radius 2 is 1.06 bits per heavy atom. The molecule has 0 aliphatic rings. The molecule has 2 aromatic rings. The largest absolute Gasteiger partial charge is 0.319 e. The van der Waals surface area contributed by atoms with E-state index in [1.54, 1.807) is 0 Å². The molecule has 2 rings (SSSR count). The summed E-state index contributed by atoms with van der Waals surface area (Å²) in [6.45, 7) is 3.27. The molecule has 0 fully saturated rings. The van der Waals surface area contributed by atoms with Gasteiger partial charge in [-0.1, -0.05) is 87.4 Å². The van der Waals surface area contributed by atoms with Crippen molar-refractivity contribution in [2.45, 2.75) is 65.2 Å². The first-order chi connectivity index (χ1) is 16.5. The maximum atomic E-state index is 12.2. The van der Waals surface area contributed by atoms with Crippen molar-refractivity contribution in [3.8, 4) is 0 Å². The molecule has 0 aliphatic carbocycles. The molecule has 0 N–H and O–H groups in total. The Hall–Kier alpha value is -2.07. The highest BCUT2D eigenvalue weighted by molar-refractivity contribution is 7.33. The minimum absolute atomic E-state index is 0.0835. The number of benzene rings is 2. The third-order valence-electron chi connectivity index (χ3n) is 6.15. The number of ketones is 2. The molecule has 0 saturated heterocycles. The summed E-state index contributed by atoms with van der Waals surface area (Å²) in [6.07, 6.45) is 7.49. The minimum Gasteiger partial charge on any atom is -0.303 e. The topological polar surface area (TPSA) is 69.7 Å². The van der Waals surface area contributed by atoms with Crippen molar-refractivity contribution in [1.29, 1.82) is 0 Å². The van der Waals surface area contributed by atoms with Gasteiger partial charge in [-0.25, -0.2) is 0 Å². The van der Waals surface area contributed by atoms with Gasteiger partial charge in [-0.3, -0.25) is 14.2 Å². The van der Waals surface area contributed by atoms with Crippen molar-refractivity contribution < 1.29 is 23.2 Å². The van der Waals surface area contributed by atoms with Gasteiger partial charge in [-0.05, 0) is 49.7 Å². The molecule has 0 radical (unpaired) electrons. The molecule has 0 spiro atoms. The van der Waals surface area contributed by atoms with Gasteiger partial charge >= 0.3 is 8.25 Å². The van der Waals surface area contributed by atoms with Gasteiger partial charge in [0.1, 0.15) is 13.2 Å². The highest BCUT2D eigenvalue weighted by atomic mass is 31.1. The van der Waals surface area contributed by atoms with Crippen LogP contribution in [0.5, 0.6) is 0 Å². The van der Waals surface area contributed by atoms with Gasteiger partial charge in [0.25, 0.3) is 0 Å². The molecule has 0 heterocycles. The van der Waals surface area contributed by atoms with E-state index in [0.29, 0.717) is 0 Å². The molecule has 5 nitrogen and oxygen atoms in total. The number of carbonyl (C=O) groups is 2. The maximum Gasteiger partial charge on any atom is 0.319 e. The van der Waals surface area contributed by atoms with Gasteiger partial charge in [0, 0.05) is 11.8 Å². The summed E-state index contributed by atoms with van der Waals surface area (Å²) >= 11 is 0. The molecule has 186 valence electrons. The van der Waals surface area contributed by atoms with Crippen molar-refractivity contribution in [2.75, 3.05) is 13.2 Å². The Labute approximate surface area is 205 Å². The lowest BCUT2D eigenvalue weighted by Gasteiger charge is -2.12. The van der Waals surface area contributed by atoms with Crippen LogP contribution in [0.3, 0.4) is 0 Å².